The van der Waals surface area contributed by atoms with Gasteiger partial charge in [-0.15, -0.1) is 0 Å². The first kappa shape index (κ1) is 48.6. The van der Waals surface area contributed by atoms with Gasteiger partial charge < -0.3 is 44.7 Å². The second-order valence-electron chi connectivity index (χ2n) is 10.8. The van der Waals surface area contributed by atoms with Gasteiger partial charge in [0.15, 0.2) is 0 Å². The van der Waals surface area contributed by atoms with Gasteiger partial charge in [0.1, 0.15) is 0 Å². The van der Waals surface area contributed by atoms with Gasteiger partial charge >= 0.3 is 40.1 Å². The fraction of sp³-hybridized carbons (Fsp3) is 0.125. The second-order valence-corrected chi connectivity index (χ2v) is 10.8. The van der Waals surface area contributed by atoms with E-state index in [-0.39, 0.29) is 56.4 Å². The first-order chi connectivity index (χ1) is 23.5. The van der Waals surface area contributed by atoms with E-state index in [0.29, 0.717) is 5.56 Å². The molecule has 278 valence electrons. The summed E-state index contributed by atoms with van der Waals surface area (Å²) in [6, 6.07) is 33.3. The number of carboxylic acids is 5. The van der Waals surface area contributed by atoms with E-state index in [1.807, 2.05) is 58.9 Å². The van der Waals surface area contributed by atoms with Crippen LogP contribution in [0.3, 0.4) is 0 Å². The number of rotatable bonds is 5. The predicted octanol–water partition coefficient (Wildman–Crippen LogP) is 3.12. The predicted molar refractivity (Wildman–Crippen MR) is 180 cm³/mol. The Hall–Kier alpha value is -5.51. The molecule has 12 heteroatoms. The summed E-state index contributed by atoms with van der Waals surface area (Å²) < 4.78 is 0. The maximum atomic E-state index is 10.3. The molecule has 0 aliphatic heterocycles. The van der Waals surface area contributed by atoms with Gasteiger partial charge in [-0.05, 0) is 69.0 Å². The molecule has 0 saturated carbocycles. The standard InChI is InChI=1S/5C8H8O2.2Cu/c1-6-2-4-7(5-3-6)8(9)10;4*1-6-3-2-4-7(5-6)8(9)10;;/h5*2-5H,1H3,(H,9,10);;/q;;;;;2*+2/p-4. The Morgan fingerprint density at radius 3 is 0.750 bits per heavy atom. The van der Waals surface area contributed by atoms with Gasteiger partial charge in [0.05, 0.1) is 29.4 Å². The van der Waals surface area contributed by atoms with Crippen LogP contribution in [0.4, 0.5) is 0 Å². The molecule has 0 aliphatic rings. The van der Waals surface area contributed by atoms with Crippen LogP contribution in [0, 0.1) is 34.6 Å². The normalized spacial score (nSPS) is 8.94. The van der Waals surface area contributed by atoms with Crippen LogP contribution in [0.2, 0.25) is 0 Å². The van der Waals surface area contributed by atoms with E-state index in [1.165, 1.54) is 24.3 Å². The van der Waals surface area contributed by atoms with Crippen molar-refractivity contribution >= 4 is 29.8 Å². The summed E-state index contributed by atoms with van der Waals surface area (Å²) >= 11 is 0. The maximum absolute atomic E-state index is 10.3. The summed E-state index contributed by atoms with van der Waals surface area (Å²) in [7, 11) is 0. The molecule has 0 fully saturated rings. The van der Waals surface area contributed by atoms with Crippen molar-refractivity contribution in [3.05, 3.63) is 177 Å². The second kappa shape index (κ2) is 25.4. The molecule has 0 atom stereocenters. The van der Waals surface area contributed by atoms with Crippen molar-refractivity contribution < 1.29 is 83.6 Å². The van der Waals surface area contributed by atoms with Gasteiger partial charge in [-0.1, -0.05) is 137 Å². The SMILES string of the molecule is Cc1ccc(C(=O)O)cc1.Cc1cccc(C(=O)[O-])c1.Cc1cccc(C(=O)[O-])c1.Cc1cccc(C(=O)[O-])c1.Cc1cccc(C(=O)[O-])c1.[Cu+2].[Cu+2]. The van der Waals surface area contributed by atoms with E-state index in [1.54, 1.807) is 72.8 Å². The van der Waals surface area contributed by atoms with Gasteiger partial charge in [-0.3, -0.25) is 0 Å². The largest absolute Gasteiger partial charge is 2.00 e. The first-order valence-corrected chi connectivity index (χ1v) is 14.9. The minimum Gasteiger partial charge on any atom is -0.545 e. The fourth-order valence-corrected chi connectivity index (χ4v) is 3.78. The summed E-state index contributed by atoms with van der Waals surface area (Å²) in [5.74, 6) is -5.36. The van der Waals surface area contributed by atoms with Crippen LogP contribution in [0.5, 0.6) is 0 Å². The minimum atomic E-state index is -1.12. The Bertz CT molecular complexity index is 1680. The Labute approximate surface area is 323 Å². The molecule has 0 unspecified atom stereocenters. The van der Waals surface area contributed by atoms with Gasteiger partial charge in [-0.2, -0.15) is 0 Å². The van der Waals surface area contributed by atoms with Crippen molar-refractivity contribution in [2.24, 2.45) is 0 Å². The molecular weight excluding hydrogens is 768 g/mol. The molecule has 0 saturated heterocycles. The summed E-state index contributed by atoms with van der Waals surface area (Å²) in [4.78, 5) is 51.3. The molecular formula is C40H36Cu2O10. The van der Waals surface area contributed by atoms with Crippen molar-refractivity contribution in [2.45, 2.75) is 34.6 Å². The number of carboxylic acid groups (broad SMARTS) is 5. The van der Waals surface area contributed by atoms with Crippen LogP contribution >= 0.6 is 0 Å². The van der Waals surface area contributed by atoms with Gasteiger partial charge in [0.25, 0.3) is 0 Å². The molecule has 0 aromatic heterocycles. The van der Waals surface area contributed by atoms with E-state index in [2.05, 4.69) is 0 Å². The van der Waals surface area contributed by atoms with Crippen LogP contribution in [0.15, 0.2) is 121 Å². The molecule has 5 aromatic carbocycles. The summed E-state index contributed by atoms with van der Waals surface area (Å²) in [6.07, 6.45) is 0. The molecule has 2 radical (unpaired) electrons. The molecule has 10 nitrogen and oxygen atoms in total. The summed E-state index contributed by atoms with van der Waals surface area (Å²) in [5.41, 5.74) is 6.09. The minimum absolute atomic E-state index is 0. The van der Waals surface area contributed by atoms with Crippen molar-refractivity contribution in [3.63, 3.8) is 0 Å². The van der Waals surface area contributed by atoms with Gasteiger partial charge in [0, 0.05) is 0 Å². The van der Waals surface area contributed by atoms with Crippen LogP contribution in [-0.4, -0.2) is 35.0 Å². The van der Waals surface area contributed by atoms with Gasteiger partial charge in [-0.25, -0.2) is 4.79 Å². The van der Waals surface area contributed by atoms with Gasteiger partial charge in [0.2, 0.25) is 0 Å². The fourth-order valence-electron chi connectivity index (χ4n) is 3.78. The molecule has 1 N–H and O–H groups in total. The van der Waals surface area contributed by atoms with Crippen molar-refractivity contribution in [1.82, 2.24) is 0 Å². The van der Waals surface area contributed by atoms with E-state index in [9.17, 15) is 44.4 Å². The number of hydrogen-bond donors (Lipinski definition) is 1. The monoisotopic (exact) mass is 802 g/mol. The topological polar surface area (TPSA) is 198 Å². The third-order valence-corrected chi connectivity index (χ3v) is 6.31. The number of hydrogen-bond acceptors (Lipinski definition) is 9. The first-order valence-electron chi connectivity index (χ1n) is 14.9. The number of carbonyl (C=O) groups excluding carboxylic acids is 4. The third-order valence-electron chi connectivity index (χ3n) is 6.31. The number of aryl methyl sites for hydroxylation is 5. The Kier molecular flexibility index (Phi) is 23.8. The quantitative estimate of drug-likeness (QED) is 0.258. The van der Waals surface area contributed by atoms with E-state index in [4.69, 9.17) is 5.11 Å². The average Bonchev–Trinajstić information content (AvgIpc) is 3.06. The molecule has 52 heavy (non-hydrogen) atoms. The van der Waals surface area contributed by atoms with E-state index >= 15 is 0 Å². The molecule has 0 spiro atoms. The summed E-state index contributed by atoms with van der Waals surface area (Å²) in [6.45, 7) is 9.28. The molecule has 0 amide bonds. The smallest absolute Gasteiger partial charge is 0.545 e. The summed E-state index contributed by atoms with van der Waals surface area (Å²) in [5, 5.41) is 49.4. The molecule has 0 bridgehead atoms. The molecule has 0 heterocycles. The van der Waals surface area contributed by atoms with Crippen molar-refractivity contribution in [3.8, 4) is 0 Å². The van der Waals surface area contributed by atoms with Crippen molar-refractivity contribution in [2.75, 3.05) is 0 Å². The van der Waals surface area contributed by atoms with E-state index in [0.717, 1.165) is 27.8 Å². The number of carbonyl (C=O) groups is 5. The Morgan fingerprint density at radius 2 is 0.596 bits per heavy atom. The van der Waals surface area contributed by atoms with Crippen LogP contribution in [-0.2, 0) is 34.1 Å². The van der Waals surface area contributed by atoms with Crippen LogP contribution in [0.1, 0.15) is 79.6 Å². The zero-order valence-corrected chi connectivity index (χ0v) is 30.7. The Morgan fingerprint density at radius 1 is 0.365 bits per heavy atom. The maximum Gasteiger partial charge on any atom is 2.00 e. The molecule has 5 aromatic rings. The molecule has 5 rings (SSSR count). The molecule has 0 aliphatic carbocycles. The van der Waals surface area contributed by atoms with E-state index < -0.39 is 29.8 Å². The average molecular weight is 804 g/mol. The zero-order valence-electron chi connectivity index (χ0n) is 28.8. The number of aromatic carboxylic acids is 5. The van der Waals surface area contributed by atoms with Crippen LogP contribution in [0.25, 0.3) is 0 Å². The third kappa shape index (κ3) is 20.2. The number of benzene rings is 5. The van der Waals surface area contributed by atoms with Crippen LogP contribution < -0.4 is 20.4 Å². The van der Waals surface area contributed by atoms with Crippen molar-refractivity contribution in [1.29, 1.82) is 0 Å². The zero-order chi connectivity index (χ0) is 37.8. The Balaban J connectivity index is 0.